The van der Waals surface area contributed by atoms with Gasteiger partial charge in [-0.2, -0.15) is 4.98 Å². The topological polar surface area (TPSA) is 90.2 Å². The molecule has 0 aliphatic heterocycles. The zero-order chi connectivity index (χ0) is 15.4. The maximum absolute atomic E-state index is 11.4. The van der Waals surface area contributed by atoms with E-state index >= 15 is 0 Å². The molecule has 7 heteroatoms. The van der Waals surface area contributed by atoms with Crippen molar-refractivity contribution in [2.45, 2.75) is 58.4 Å². The lowest BCUT2D eigenvalue weighted by Crippen LogP contribution is -2.15. The van der Waals surface area contributed by atoms with Gasteiger partial charge in [0.25, 0.3) is 5.88 Å². The second-order valence-corrected chi connectivity index (χ2v) is 5.62. The van der Waals surface area contributed by atoms with Crippen molar-refractivity contribution in [3.05, 3.63) is 15.9 Å². The fraction of sp³-hybridized carbons (Fsp3) is 0.714. The van der Waals surface area contributed by atoms with E-state index in [0.29, 0.717) is 18.3 Å². The van der Waals surface area contributed by atoms with E-state index in [4.69, 9.17) is 4.74 Å². The lowest BCUT2D eigenvalue weighted by atomic mass is 10.3. The van der Waals surface area contributed by atoms with E-state index < -0.39 is 4.92 Å². The van der Waals surface area contributed by atoms with Crippen molar-refractivity contribution < 1.29 is 9.66 Å². The Hall–Kier alpha value is -1.92. The SMILES string of the molecule is CCCCOc1nc(C2CC2)nc(NC(C)C)c1[N+](=O)[O-]. The van der Waals surface area contributed by atoms with Crippen LogP contribution in [0.1, 0.15) is 58.2 Å². The molecule has 0 spiro atoms. The second-order valence-electron chi connectivity index (χ2n) is 5.62. The number of hydrogen-bond acceptors (Lipinski definition) is 6. The first kappa shape index (κ1) is 15.5. The maximum Gasteiger partial charge on any atom is 0.372 e. The highest BCUT2D eigenvalue weighted by Gasteiger charge is 2.33. The van der Waals surface area contributed by atoms with Gasteiger partial charge in [-0.05, 0) is 33.1 Å². The van der Waals surface area contributed by atoms with Gasteiger partial charge in [0.1, 0.15) is 5.82 Å². The van der Waals surface area contributed by atoms with Crippen LogP contribution in [0.3, 0.4) is 0 Å². The van der Waals surface area contributed by atoms with Gasteiger partial charge in [-0.25, -0.2) is 4.98 Å². The highest BCUT2D eigenvalue weighted by Crippen LogP contribution is 2.42. The van der Waals surface area contributed by atoms with Crippen LogP contribution in [0.5, 0.6) is 5.88 Å². The number of unbranched alkanes of at least 4 members (excludes halogenated alkanes) is 1. The predicted octanol–water partition coefficient (Wildman–Crippen LogP) is 3.26. The summed E-state index contributed by atoms with van der Waals surface area (Å²) in [4.78, 5) is 19.5. The molecular formula is C14H22N4O3. The molecule has 1 saturated carbocycles. The summed E-state index contributed by atoms with van der Waals surface area (Å²) in [6.45, 7) is 6.30. The average molecular weight is 294 g/mol. The lowest BCUT2D eigenvalue weighted by Gasteiger charge is -2.13. The molecule has 2 rings (SSSR count). The van der Waals surface area contributed by atoms with Crippen LogP contribution >= 0.6 is 0 Å². The number of ether oxygens (including phenoxy) is 1. The molecule has 1 aromatic heterocycles. The molecule has 0 aromatic carbocycles. The van der Waals surface area contributed by atoms with Crippen LogP contribution < -0.4 is 10.1 Å². The van der Waals surface area contributed by atoms with Crippen LogP contribution in [-0.2, 0) is 0 Å². The van der Waals surface area contributed by atoms with Gasteiger partial charge in [0.2, 0.25) is 5.82 Å². The number of rotatable bonds is 8. The second kappa shape index (κ2) is 6.69. The van der Waals surface area contributed by atoms with Gasteiger partial charge in [0, 0.05) is 12.0 Å². The molecule has 1 heterocycles. The maximum atomic E-state index is 11.4. The number of nitrogens with zero attached hydrogens (tertiary/aromatic N) is 3. The molecule has 1 aliphatic rings. The Labute approximate surface area is 124 Å². The Kier molecular flexibility index (Phi) is 4.93. The fourth-order valence-corrected chi connectivity index (χ4v) is 1.93. The third-order valence-electron chi connectivity index (χ3n) is 3.16. The van der Waals surface area contributed by atoms with E-state index in [9.17, 15) is 10.1 Å². The molecule has 1 N–H and O–H groups in total. The Morgan fingerprint density at radius 1 is 1.43 bits per heavy atom. The van der Waals surface area contributed by atoms with E-state index in [1.807, 2.05) is 20.8 Å². The number of nitrogens with one attached hydrogen (secondary N) is 1. The first-order valence-corrected chi connectivity index (χ1v) is 7.48. The third-order valence-corrected chi connectivity index (χ3v) is 3.16. The number of hydrogen-bond donors (Lipinski definition) is 1. The average Bonchev–Trinajstić information content (AvgIpc) is 3.21. The summed E-state index contributed by atoms with van der Waals surface area (Å²) in [6, 6.07) is 0.0501. The van der Waals surface area contributed by atoms with Crippen LogP contribution in [0.25, 0.3) is 0 Å². The molecule has 0 atom stereocenters. The molecule has 0 unspecified atom stereocenters. The standard InChI is InChI=1S/C14H22N4O3/c1-4-5-8-21-14-11(18(19)20)13(15-9(2)3)16-12(17-14)10-6-7-10/h9-10H,4-8H2,1-3H3,(H,15,16,17). The molecule has 1 fully saturated rings. The van der Waals surface area contributed by atoms with Crippen LogP contribution in [-0.4, -0.2) is 27.5 Å². The molecule has 0 amide bonds. The summed E-state index contributed by atoms with van der Waals surface area (Å²) in [6.07, 6.45) is 3.87. The van der Waals surface area contributed by atoms with Crippen molar-refractivity contribution in [3.8, 4) is 5.88 Å². The van der Waals surface area contributed by atoms with Crippen LogP contribution in [0.15, 0.2) is 0 Å². The quantitative estimate of drug-likeness (QED) is 0.449. The van der Waals surface area contributed by atoms with Crippen LogP contribution in [0.2, 0.25) is 0 Å². The van der Waals surface area contributed by atoms with Gasteiger partial charge in [-0.3, -0.25) is 10.1 Å². The van der Waals surface area contributed by atoms with Crippen molar-refractivity contribution in [1.29, 1.82) is 0 Å². The smallest absolute Gasteiger partial charge is 0.372 e. The third kappa shape index (κ3) is 4.03. The Morgan fingerprint density at radius 2 is 2.14 bits per heavy atom. The summed E-state index contributed by atoms with van der Waals surface area (Å²) in [5.74, 6) is 1.31. The van der Waals surface area contributed by atoms with E-state index in [2.05, 4.69) is 15.3 Å². The highest BCUT2D eigenvalue weighted by atomic mass is 16.6. The zero-order valence-corrected chi connectivity index (χ0v) is 12.8. The normalized spacial score (nSPS) is 14.3. The lowest BCUT2D eigenvalue weighted by molar-refractivity contribution is -0.385. The minimum Gasteiger partial charge on any atom is -0.473 e. The molecule has 1 aliphatic carbocycles. The van der Waals surface area contributed by atoms with Crippen molar-refractivity contribution in [1.82, 2.24) is 9.97 Å². The molecule has 7 nitrogen and oxygen atoms in total. The van der Waals surface area contributed by atoms with Gasteiger partial charge < -0.3 is 10.1 Å². The minimum atomic E-state index is -0.470. The first-order valence-electron chi connectivity index (χ1n) is 7.48. The van der Waals surface area contributed by atoms with E-state index in [-0.39, 0.29) is 23.4 Å². The van der Waals surface area contributed by atoms with Gasteiger partial charge in [-0.1, -0.05) is 13.3 Å². The monoisotopic (exact) mass is 294 g/mol. The fourth-order valence-electron chi connectivity index (χ4n) is 1.93. The van der Waals surface area contributed by atoms with Gasteiger partial charge in [-0.15, -0.1) is 0 Å². The minimum absolute atomic E-state index is 0.0501. The number of anilines is 1. The molecule has 0 saturated heterocycles. The zero-order valence-electron chi connectivity index (χ0n) is 12.8. The Balaban J connectivity index is 2.37. The first-order chi connectivity index (χ1) is 10.0. The molecule has 0 bridgehead atoms. The summed E-state index contributed by atoms with van der Waals surface area (Å²) in [5.41, 5.74) is -0.163. The summed E-state index contributed by atoms with van der Waals surface area (Å²) in [7, 11) is 0. The summed E-state index contributed by atoms with van der Waals surface area (Å²) < 4.78 is 5.55. The molecule has 1 aromatic rings. The number of aromatic nitrogens is 2. The van der Waals surface area contributed by atoms with Crippen molar-refractivity contribution in [2.24, 2.45) is 0 Å². The summed E-state index contributed by atoms with van der Waals surface area (Å²) >= 11 is 0. The molecule has 0 radical (unpaired) electrons. The van der Waals surface area contributed by atoms with Crippen LogP contribution in [0.4, 0.5) is 11.5 Å². The molecule has 116 valence electrons. The largest absolute Gasteiger partial charge is 0.473 e. The predicted molar refractivity (Wildman–Crippen MR) is 79.8 cm³/mol. The van der Waals surface area contributed by atoms with E-state index in [1.165, 1.54) is 0 Å². The van der Waals surface area contributed by atoms with Crippen molar-refractivity contribution in [2.75, 3.05) is 11.9 Å². The Bertz CT molecular complexity index is 515. The van der Waals surface area contributed by atoms with Gasteiger partial charge in [0.15, 0.2) is 0 Å². The molecular weight excluding hydrogens is 272 g/mol. The number of nitro groups is 1. The van der Waals surface area contributed by atoms with E-state index in [1.54, 1.807) is 0 Å². The summed E-state index contributed by atoms with van der Waals surface area (Å²) in [5, 5.41) is 14.4. The van der Waals surface area contributed by atoms with Gasteiger partial charge in [0.05, 0.1) is 11.5 Å². The van der Waals surface area contributed by atoms with Gasteiger partial charge >= 0.3 is 5.69 Å². The molecule has 21 heavy (non-hydrogen) atoms. The Morgan fingerprint density at radius 3 is 2.67 bits per heavy atom. The van der Waals surface area contributed by atoms with Crippen molar-refractivity contribution >= 4 is 11.5 Å². The van der Waals surface area contributed by atoms with E-state index in [0.717, 1.165) is 25.7 Å². The van der Waals surface area contributed by atoms with Crippen LogP contribution in [0, 0.1) is 10.1 Å². The van der Waals surface area contributed by atoms with Crippen molar-refractivity contribution in [3.63, 3.8) is 0 Å². The highest BCUT2D eigenvalue weighted by molar-refractivity contribution is 5.62.